The molecular weight excluding hydrogens is 395 g/mol. The maximum atomic E-state index is 14.6. The van der Waals surface area contributed by atoms with Gasteiger partial charge in [0.05, 0.1) is 11.1 Å². The fourth-order valence-corrected chi connectivity index (χ4v) is 4.52. The number of carbonyl (C=O) groups is 1. The van der Waals surface area contributed by atoms with Crippen LogP contribution in [0.4, 0.5) is 10.3 Å². The van der Waals surface area contributed by atoms with Crippen LogP contribution in [0.1, 0.15) is 21.6 Å². The monoisotopic (exact) mass is 418 g/mol. The van der Waals surface area contributed by atoms with Crippen molar-refractivity contribution in [1.82, 2.24) is 24.8 Å². The summed E-state index contributed by atoms with van der Waals surface area (Å²) in [5.41, 5.74) is 2.53. The highest BCUT2D eigenvalue weighted by Crippen LogP contribution is 2.34. The Balaban J connectivity index is 1.34. The number of aromatic nitrogens is 4. The second-order valence-corrected chi connectivity index (χ2v) is 8.31. The first kappa shape index (κ1) is 19.5. The summed E-state index contributed by atoms with van der Waals surface area (Å²) in [5, 5.41) is 0. The number of hydrogen-bond donors (Lipinski definition) is 0. The molecule has 2 aromatic heterocycles. The third-order valence-corrected chi connectivity index (χ3v) is 6.30. The minimum absolute atomic E-state index is 0.162. The summed E-state index contributed by atoms with van der Waals surface area (Å²) in [6, 6.07) is 6.21. The molecule has 2 unspecified atom stereocenters. The highest BCUT2D eigenvalue weighted by molar-refractivity contribution is 6.00. The van der Waals surface area contributed by atoms with Crippen LogP contribution < -0.4 is 4.90 Å². The number of likely N-dealkylation sites (tertiary alicyclic amines) is 1. The number of rotatable bonds is 3. The van der Waals surface area contributed by atoms with Crippen LogP contribution in [0.2, 0.25) is 0 Å². The molecule has 31 heavy (non-hydrogen) atoms. The smallest absolute Gasteiger partial charge is 0.254 e. The van der Waals surface area contributed by atoms with E-state index in [1.54, 1.807) is 30.6 Å². The Morgan fingerprint density at radius 2 is 1.71 bits per heavy atom. The zero-order valence-corrected chi connectivity index (χ0v) is 17.5. The first-order chi connectivity index (χ1) is 15.0. The van der Waals surface area contributed by atoms with Crippen LogP contribution in [0.5, 0.6) is 0 Å². The van der Waals surface area contributed by atoms with Crippen LogP contribution in [0.15, 0.2) is 42.9 Å². The van der Waals surface area contributed by atoms with Gasteiger partial charge in [-0.15, -0.1) is 0 Å². The highest BCUT2D eigenvalue weighted by atomic mass is 19.1. The van der Waals surface area contributed by atoms with Crippen LogP contribution >= 0.6 is 0 Å². The molecule has 4 heterocycles. The van der Waals surface area contributed by atoms with Crippen molar-refractivity contribution in [2.75, 3.05) is 31.1 Å². The first-order valence-corrected chi connectivity index (χ1v) is 10.4. The fraction of sp³-hybridized carbons (Fsp3) is 0.348. The SMILES string of the molecule is Cc1cnc(N2CC3CN(C(=O)c4cccc(F)c4-c4ncccn4)CC3C2)nc1C. The van der Waals surface area contributed by atoms with Crippen molar-refractivity contribution in [2.24, 2.45) is 11.8 Å². The molecule has 2 atom stereocenters. The van der Waals surface area contributed by atoms with Gasteiger partial charge in [-0.1, -0.05) is 6.07 Å². The Hall–Kier alpha value is -3.42. The normalized spacial score (nSPS) is 20.2. The number of aryl methyl sites for hydroxylation is 2. The molecule has 1 amide bonds. The second kappa shape index (κ2) is 7.68. The fourth-order valence-electron chi connectivity index (χ4n) is 4.52. The molecule has 7 nitrogen and oxygen atoms in total. The van der Waals surface area contributed by atoms with Crippen LogP contribution in [0.25, 0.3) is 11.4 Å². The number of halogens is 1. The number of hydrogen-bond acceptors (Lipinski definition) is 6. The van der Waals surface area contributed by atoms with E-state index < -0.39 is 5.82 Å². The molecule has 0 saturated carbocycles. The number of nitrogens with zero attached hydrogens (tertiary/aromatic N) is 6. The molecule has 2 aliphatic rings. The Bertz CT molecular complexity index is 1120. The molecule has 0 N–H and O–H groups in total. The van der Waals surface area contributed by atoms with Gasteiger partial charge >= 0.3 is 0 Å². The first-order valence-electron chi connectivity index (χ1n) is 10.4. The maximum absolute atomic E-state index is 14.6. The average molecular weight is 418 g/mol. The molecule has 0 bridgehead atoms. The average Bonchev–Trinajstić information content (AvgIpc) is 3.35. The predicted octanol–water partition coefficient (Wildman–Crippen LogP) is 2.90. The molecule has 2 fully saturated rings. The van der Waals surface area contributed by atoms with E-state index in [-0.39, 0.29) is 17.3 Å². The number of anilines is 1. The van der Waals surface area contributed by atoms with Crippen LogP contribution in [-0.4, -0.2) is 56.9 Å². The summed E-state index contributed by atoms with van der Waals surface area (Å²) in [6.45, 7) is 6.89. The van der Waals surface area contributed by atoms with Crippen LogP contribution in [0.3, 0.4) is 0 Å². The molecule has 2 aliphatic heterocycles. The van der Waals surface area contributed by atoms with Gasteiger partial charge < -0.3 is 9.80 Å². The van der Waals surface area contributed by atoms with Crippen molar-refractivity contribution >= 4 is 11.9 Å². The van der Waals surface area contributed by atoms with Gasteiger partial charge in [0.15, 0.2) is 5.82 Å². The summed E-state index contributed by atoms with van der Waals surface area (Å²) in [5.74, 6) is 1.00. The molecule has 0 radical (unpaired) electrons. The van der Waals surface area contributed by atoms with E-state index in [2.05, 4.69) is 24.8 Å². The summed E-state index contributed by atoms with van der Waals surface area (Å²) in [4.78, 5) is 34.8. The van der Waals surface area contributed by atoms with E-state index >= 15 is 0 Å². The lowest BCUT2D eigenvalue weighted by atomic mass is 10.0. The molecule has 0 spiro atoms. The van der Waals surface area contributed by atoms with Crippen LogP contribution in [0, 0.1) is 31.5 Å². The Kier molecular flexibility index (Phi) is 4.84. The van der Waals surface area contributed by atoms with Gasteiger partial charge in [-0.25, -0.2) is 24.3 Å². The zero-order chi connectivity index (χ0) is 21.5. The standard InChI is InChI=1S/C23H23FN6O/c1-14-9-27-23(28-15(14)2)30-12-16-10-29(11-17(16)13-30)22(31)18-5-3-6-19(24)20(18)21-25-7-4-8-26-21/h3-9,16-17H,10-13H2,1-2H3. The van der Waals surface area contributed by atoms with Gasteiger partial charge in [-0.2, -0.15) is 0 Å². The van der Waals surface area contributed by atoms with E-state index in [1.807, 2.05) is 24.9 Å². The second-order valence-electron chi connectivity index (χ2n) is 8.31. The summed E-state index contributed by atoms with van der Waals surface area (Å²) in [7, 11) is 0. The van der Waals surface area contributed by atoms with Gasteiger partial charge in [0, 0.05) is 62.3 Å². The predicted molar refractivity (Wildman–Crippen MR) is 114 cm³/mol. The number of benzene rings is 1. The molecule has 3 aromatic rings. The summed E-state index contributed by atoms with van der Waals surface area (Å²) >= 11 is 0. The summed E-state index contributed by atoms with van der Waals surface area (Å²) in [6.07, 6.45) is 4.96. The molecule has 2 saturated heterocycles. The Morgan fingerprint density at radius 3 is 2.39 bits per heavy atom. The molecule has 0 aliphatic carbocycles. The number of amides is 1. The van der Waals surface area contributed by atoms with Gasteiger partial charge in [-0.3, -0.25) is 4.79 Å². The van der Waals surface area contributed by atoms with Gasteiger partial charge in [0.2, 0.25) is 5.95 Å². The Labute approximate surface area is 180 Å². The molecule has 158 valence electrons. The lowest BCUT2D eigenvalue weighted by molar-refractivity contribution is 0.0783. The molecule has 8 heteroatoms. The zero-order valence-electron chi connectivity index (χ0n) is 17.5. The highest BCUT2D eigenvalue weighted by Gasteiger charge is 2.43. The topological polar surface area (TPSA) is 75.1 Å². The minimum atomic E-state index is -0.491. The van der Waals surface area contributed by atoms with Crippen molar-refractivity contribution in [2.45, 2.75) is 13.8 Å². The van der Waals surface area contributed by atoms with E-state index in [4.69, 9.17) is 0 Å². The molecular formula is C23H23FN6O. The third kappa shape index (κ3) is 3.52. The number of carbonyl (C=O) groups excluding carboxylic acids is 1. The minimum Gasteiger partial charge on any atom is -0.340 e. The van der Waals surface area contributed by atoms with E-state index in [0.717, 1.165) is 30.3 Å². The maximum Gasteiger partial charge on any atom is 0.254 e. The van der Waals surface area contributed by atoms with Crippen molar-refractivity contribution in [3.8, 4) is 11.4 Å². The van der Waals surface area contributed by atoms with E-state index in [9.17, 15) is 9.18 Å². The van der Waals surface area contributed by atoms with E-state index in [1.165, 1.54) is 6.07 Å². The quantitative estimate of drug-likeness (QED) is 0.651. The van der Waals surface area contributed by atoms with E-state index in [0.29, 0.717) is 30.5 Å². The largest absolute Gasteiger partial charge is 0.340 e. The van der Waals surface area contributed by atoms with Crippen LogP contribution in [-0.2, 0) is 0 Å². The van der Waals surface area contributed by atoms with Crippen molar-refractivity contribution in [1.29, 1.82) is 0 Å². The number of fused-ring (bicyclic) bond motifs is 1. The molecule has 5 rings (SSSR count). The van der Waals surface area contributed by atoms with Crippen molar-refractivity contribution in [3.05, 3.63) is 65.5 Å². The van der Waals surface area contributed by atoms with Gasteiger partial charge in [0.1, 0.15) is 5.82 Å². The van der Waals surface area contributed by atoms with Crippen molar-refractivity contribution in [3.63, 3.8) is 0 Å². The third-order valence-electron chi connectivity index (χ3n) is 6.30. The molecule has 1 aromatic carbocycles. The van der Waals surface area contributed by atoms with Gasteiger partial charge in [0.25, 0.3) is 5.91 Å². The van der Waals surface area contributed by atoms with Crippen molar-refractivity contribution < 1.29 is 9.18 Å². The lowest BCUT2D eigenvalue weighted by Crippen LogP contribution is -2.34. The van der Waals surface area contributed by atoms with Gasteiger partial charge in [-0.05, 0) is 37.6 Å². The lowest BCUT2D eigenvalue weighted by Gasteiger charge is -2.23. The summed E-state index contributed by atoms with van der Waals surface area (Å²) < 4.78 is 14.6. The Morgan fingerprint density at radius 1 is 1.00 bits per heavy atom.